The van der Waals surface area contributed by atoms with Crippen LogP contribution in [0.25, 0.3) is 0 Å². The zero-order valence-electron chi connectivity index (χ0n) is 9.10. The molecule has 0 saturated heterocycles. The van der Waals surface area contributed by atoms with Crippen molar-refractivity contribution >= 4 is 9.84 Å². The molecule has 0 amide bonds. The van der Waals surface area contributed by atoms with Crippen molar-refractivity contribution in [1.29, 1.82) is 0 Å². The summed E-state index contributed by atoms with van der Waals surface area (Å²) in [5.74, 6) is 0.114. The Bertz CT molecular complexity index is 426. The Kier molecular flexibility index (Phi) is 3.88. The third-order valence-corrected chi connectivity index (χ3v) is 4.47. The van der Waals surface area contributed by atoms with Gasteiger partial charge in [-0.15, -0.1) is 0 Å². The van der Waals surface area contributed by atoms with Gasteiger partial charge in [-0.3, -0.25) is 0 Å². The zero-order chi connectivity index (χ0) is 11.5. The van der Waals surface area contributed by atoms with Gasteiger partial charge in [0, 0.05) is 0 Å². The normalized spacial score (nSPS) is 13.8. The van der Waals surface area contributed by atoms with Gasteiger partial charge < -0.3 is 5.73 Å². The molecule has 1 aromatic rings. The summed E-state index contributed by atoms with van der Waals surface area (Å²) in [4.78, 5) is 0.422. The molecule has 0 bridgehead atoms. The molecular formula is C11H17NO2S. The predicted molar refractivity (Wildman–Crippen MR) is 61.5 cm³/mol. The number of hydrogen-bond acceptors (Lipinski definition) is 3. The molecule has 0 aliphatic carbocycles. The van der Waals surface area contributed by atoms with Crippen LogP contribution in [0, 0.1) is 12.8 Å². The molecule has 1 atom stereocenters. The maximum Gasteiger partial charge on any atom is 0.178 e. The summed E-state index contributed by atoms with van der Waals surface area (Å²) in [7, 11) is -3.18. The maximum absolute atomic E-state index is 12.0. The highest BCUT2D eigenvalue weighted by Crippen LogP contribution is 2.17. The number of nitrogens with two attached hydrogens (primary N) is 1. The van der Waals surface area contributed by atoms with E-state index in [0.717, 1.165) is 5.56 Å². The van der Waals surface area contributed by atoms with E-state index in [1.807, 2.05) is 13.0 Å². The van der Waals surface area contributed by atoms with Crippen LogP contribution in [-0.4, -0.2) is 20.7 Å². The fourth-order valence-corrected chi connectivity index (χ4v) is 3.35. The van der Waals surface area contributed by atoms with Crippen LogP contribution in [0.3, 0.4) is 0 Å². The predicted octanol–water partition coefficient (Wildman–Crippen LogP) is 1.36. The number of aryl methyl sites for hydroxylation is 1. The van der Waals surface area contributed by atoms with E-state index in [1.54, 1.807) is 25.1 Å². The van der Waals surface area contributed by atoms with Gasteiger partial charge in [0.25, 0.3) is 0 Å². The summed E-state index contributed by atoms with van der Waals surface area (Å²) in [5.41, 5.74) is 6.22. The lowest BCUT2D eigenvalue weighted by molar-refractivity contribution is 0.573. The lowest BCUT2D eigenvalue weighted by atomic mass is 10.2. The minimum absolute atomic E-state index is 0.00499. The number of rotatable bonds is 4. The van der Waals surface area contributed by atoms with E-state index in [1.165, 1.54) is 0 Å². The highest BCUT2D eigenvalue weighted by atomic mass is 32.2. The van der Waals surface area contributed by atoms with Gasteiger partial charge in [0.2, 0.25) is 0 Å². The van der Waals surface area contributed by atoms with Gasteiger partial charge >= 0.3 is 0 Å². The Hall–Kier alpha value is -0.870. The van der Waals surface area contributed by atoms with Crippen molar-refractivity contribution < 1.29 is 8.42 Å². The SMILES string of the molecule is Cc1ccccc1S(=O)(=O)CC(C)CN. The molecule has 1 rings (SSSR count). The van der Waals surface area contributed by atoms with E-state index >= 15 is 0 Å². The van der Waals surface area contributed by atoms with Gasteiger partial charge in [-0.05, 0) is 31.0 Å². The van der Waals surface area contributed by atoms with Gasteiger partial charge in [-0.25, -0.2) is 8.42 Å². The fourth-order valence-electron chi connectivity index (χ4n) is 1.44. The van der Waals surface area contributed by atoms with Crippen molar-refractivity contribution in [2.45, 2.75) is 18.7 Å². The molecule has 1 aromatic carbocycles. The molecule has 4 heteroatoms. The zero-order valence-corrected chi connectivity index (χ0v) is 9.92. The van der Waals surface area contributed by atoms with Gasteiger partial charge in [-0.1, -0.05) is 25.1 Å². The van der Waals surface area contributed by atoms with Crippen LogP contribution in [0.5, 0.6) is 0 Å². The summed E-state index contributed by atoms with van der Waals surface area (Å²) in [6.45, 7) is 4.04. The average molecular weight is 227 g/mol. The maximum atomic E-state index is 12.0. The van der Waals surface area contributed by atoms with Crippen molar-refractivity contribution in [3.63, 3.8) is 0 Å². The van der Waals surface area contributed by atoms with Crippen LogP contribution in [0.1, 0.15) is 12.5 Å². The largest absolute Gasteiger partial charge is 0.330 e. The van der Waals surface area contributed by atoms with Crippen LogP contribution >= 0.6 is 0 Å². The highest BCUT2D eigenvalue weighted by Gasteiger charge is 2.19. The lowest BCUT2D eigenvalue weighted by Gasteiger charge is -2.11. The lowest BCUT2D eigenvalue weighted by Crippen LogP contribution is -2.21. The van der Waals surface area contributed by atoms with E-state index in [2.05, 4.69) is 0 Å². The van der Waals surface area contributed by atoms with E-state index < -0.39 is 9.84 Å². The molecule has 0 aromatic heterocycles. The third-order valence-electron chi connectivity index (χ3n) is 2.33. The molecule has 0 aliphatic rings. The molecule has 2 N–H and O–H groups in total. The molecule has 15 heavy (non-hydrogen) atoms. The molecule has 0 aliphatic heterocycles. The second-order valence-corrected chi connectivity index (χ2v) is 5.89. The minimum atomic E-state index is -3.18. The molecule has 0 radical (unpaired) electrons. The van der Waals surface area contributed by atoms with Crippen LogP contribution in [0.15, 0.2) is 29.2 Å². The average Bonchev–Trinajstić information content (AvgIpc) is 2.17. The summed E-state index contributed by atoms with van der Waals surface area (Å²) in [5, 5.41) is 0. The van der Waals surface area contributed by atoms with E-state index in [4.69, 9.17) is 5.73 Å². The fraction of sp³-hybridized carbons (Fsp3) is 0.455. The second-order valence-electron chi connectivity index (χ2n) is 3.89. The molecular weight excluding hydrogens is 210 g/mol. The van der Waals surface area contributed by atoms with Crippen molar-refractivity contribution in [2.75, 3.05) is 12.3 Å². The quantitative estimate of drug-likeness (QED) is 0.845. The Morgan fingerprint density at radius 1 is 1.33 bits per heavy atom. The first-order valence-electron chi connectivity index (χ1n) is 4.96. The monoisotopic (exact) mass is 227 g/mol. The van der Waals surface area contributed by atoms with Gasteiger partial charge in [0.1, 0.15) is 0 Å². The van der Waals surface area contributed by atoms with Gasteiger partial charge in [0.05, 0.1) is 10.6 Å². The summed E-state index contributed by atoms with van der Waals surface area (Å²) in [6.07, 6.45) is 0. The Morgan fingerprint density at radius 2 is 1.93 bits per heavy atom. The van der Waals surface area contributed by atoms with E-state index in [9.17, 15) is 8.42 Å². The minimum Gasteiger partial charge on any atom is -0.330 e. The Labute approximate surface area is 91.2 Å². The summed E-state index contributed by atoms with van der Waals surface area (Å²) in [6, 6.07) is 7.03. The summed E-state index contributed by atoms with van der Waals surface area (Å²) >= 11 is 0. The standard InChI is InChI=1S/C11H17NO2S/c1-9(7-12)8-15(13,14)11-6-4-3-5-10(11)2/h3-6,9H,7-8,12H2,1-2H3. The molecule has 1 unspecified atom stereocenters. The third kappa shape index (κ3) is 3.04. The van der Waals surface area contributed by atoms with Crippen molar-refractivity contribution in [3.8, 4) is 0 Å². The molecule has 0 heterocycles. The first kappa shape index (κ1) is 12.2. The molecule has 3 nitrogen and oxygen atoms in total. The number of hydrogen-bond donors (Lipinski definition) is 1. The molecule has 0 fully saturated rings. The van der Waals surface area contributed by atoms with E-state index in [-0.39, 0.29) is 11.7 Å². The summed E-state index contributed by atoms with van der Waals surface area (Å²) < 4.78 is 23.9. The first-order chi connectivity index (χ1) is 6.97. The van der Waals surface area contributed by atoms with E-state index in [0.29, 0.717) is 11.4 Å². The first-order valence-corrected chi connectivity index (χ1v) is 6.61. The second kappa shape index (κ2) is 4.77. The Morgan fingerprint density at radius 3 is 2.47 bits per heavy atom. The van der Waals surface area contributed by atoms with Crippen molar-refractivity contribution in [3.05, 3.63) is 29.8 Å². The Balaban J connectivity index is 3.02. The van der Waals surface area contributed by atoms with Gasteiger partial charge in [-0.2, -0.15) is 0 Å². The highest BCUT2D eigenvalue weighted by molar-refractivity contribution is 7.91. The molecule has 0 saturated carbocycles. The van der Waals surface area contributed by atoms with Crippen molar-refractivity contribution in [2.24, 2.45) is 11.7 Å². The number of benzene rings is 1. The van der Waals surface area contributed by atoms with Crippen LogP contribution in [-0.2, 0) is 9.84 Å². The number of sulfone groups is 1. The molecule has 84 valence electrons. The van der Waals surface area contributed by atoms with Gasteiger partial charge in [0.15, 0.2) is 9.84 Å². The van der Waals surface area contributed by atoms with Crippen LogP contribution in [0.2, 0.25) is 0 Å². The molecule has 0 spiro atoms. The van der Waals surface area contributed by atoms with Crippen molar-refractivity contribution in [1.82, 2.24) is 0 Å². The van der Waals surface area contributed by atoms with Crippen LogP contribution < -0.4 is 5.73 Å². The smallest absolute Gasteiger partial charge is 0.178 e. The van der Waals surface area contributed by atoms with Crippen LogP contribution in [0.4, 0.5) is 0 Å². The topological polar surface area (TPSA) is 60.2 Å².